The number of amides is 1. The van der Waals surface area contributed by atoms with E-state index in [4.69, 9.17) is 15.0 Å². The van der Waals surface area contributed by atoms with Crippen LogP contribution in [0.1, 0.15) is 45.2 Å². The molecule has 0 radical (unpaired) electrons. The third-order valence-electron chi connectivity index (χ3n) is 5.52. The molecule has 3 heterocycles. The van der Waals surface area contributed by atoms with Crippen LogP contribution in [0.15, 0.2) is 27.6 Å². The first kappa shape index (κ1) is 23.9. The predicted molar refractivity (Wildman–Crippen MR) is 122 cm³/mol. The minimum absolute atomic E-state index is 0.0222. The normalized spacial score (nSPS) is 15.6. The van der Waals surface area contributed by atoms with Crippen LogP contribution in [0.2, 0.25) is 0 Å². The second-order valence-electron chi connectivity index (χ2n) is 9.33. The Labute approximate surface area is 196 Å². The van der Waals surface area contributed by atoms with Gasteiger partial charge in [0.15, 0.2) is 9.84 Å². The molecule has 1 saturated heterocycles. The Morgan fingerprint density at radius 1 is 1.24 bits per heavy atom. The second kappa shape index (κ2) is 8.49. The maximum atomic E-state index is 14.8. The number of benzene rings is 1. The van der Waals surface area contributed by atoms with E-state index in [9.17, 15) is 17.6 Å². The summed E-state index contributed by atoms with van der Waals surface area (Å²) in [5, 5.41) is 4.18. The van der Waals surface area contributed by atoms with Crippen molar-refractivity contribution >= 4 is 33.0 Å². The summed E-state index contributed by atoms with van der Waals surface area (Å²) in [5.41, 5.74) is 6.53. The number of halogens is 1. The summed E-state index contributed by atoms with van der Waals surface area (Å²) in [7, 11) is -3.58. The first-order chi connectivity index (χ1) is 15.8. The Balaban J connectivity index is 1.63. The van der Waals surface area contributed by atoms with Crippen LogP contribution in [0, 0.1) is 5.82 Å². The molecule has 1 amide bonds. The molecule has 1 aliphatic rings. The van der Waals surface area contributed by atoms with Gasteiger partial charge in [0.25, 0.3) is 0 Å². The van der Waals surface area contributed by atoms with Crippen LogP contribution < -0.4 is 5.73 Å². The average Bonchev–Trinajstić information content (AvgIpc) is 3.15. The molecule has 182 valence electrons. The Morgan fingerprint density at radius 2 is 1.91 bits per heavy atom. The number of likely N-dealkylation sites (tertiary alicyclic amines) is 1. The monoisotopic (exact) mass is 491 g/mol. The average molecular weight is 492 g/mol. The number of ether oxygens (including phenoxy) is 1. The molecule has 1 aromatic carbocycles. The third-order valence-corrected chi connectivity index (χ3v) is 6.63. The van der Waals surface area contributed by atoms with E-state index in [1.165, 1.54) is 12.1 Å². The Kier molecular flexibility index (Phi) is 5.96. The Bertz CT molecular complexity index is 1360. The quantitative estimate of drug-likeness (QED) is 0.582. The molecular weight excluding hydrogens is 465 g/mol. The van der Waals surface area contributed by atoms with Crippen LogP contribution in [0.3, 0.4) is 0 Å². The number of piperidine rings is 1. The summed E-state index contributed by atoms with van der Waals surface area (Å²) in [6, 6.07) is 3.54. The van der Waals surface area contributed by atoms with Crippen molar-refractivity contribution in [2.75, 3.05) is 25.1 Å². The molecule has 10 nitrogen and oxygen atoms in total. The Morgan fingerprint density at radius 3 is 2.50 bits per heavy atom. The van der Waals surface area contributed by atoms with Crippen molar-refractivity contribution < 1.29 is 26.9 Å². The van der Waals surface area contributed by atoms with Crippen LogP contribution in [0.4, 0.5) is 15.1 Å². The van der Waals surface area contributed by atoms with Crippen molar-refractivity contribution in [2.45, 2.75) is 50.0 Å². The van der Waals surface area contributed by atoms with E-state index in [-0.39, 0.29) is 39.7 Å². The molecular formula is C22H26FN5O5S. The van der Waals surface area contributed by atoms with Crippen molar-refractivity contribution in [1.29, 1.82) is 0 Å². The van der Waals surface area contributed by atoms with Crippen LogP contribution in [-0.4, -0.2) is 59.5 Å². The number of hydrogen-bond acceptors (Lipinski definition) is 9. The van der Waals surface area contributed by atoms with Crippen molar-refractivity contribution in [3.05, 3.63) is 29.7 Å². The molecule has 34 heavy (non-hydrogen) atoms. The molecule has 0 aliphatic carbocycles. The SMILES string of the molecule is CC(C)(C)OC(=O)N1CCC(c2noc3c(-c4ccc(S(C)(=O)=O)cc4F)nc(N)nc23)CC1. The van der Waals surface area contributed by atoms with Crippen molar-refractivity contribution in [1.82, 2.24) is 20.0 Å². The van der Waals surface area contributed by atoms with Gasteiger partial charge in [-0.05, 0) is 51.8 Å². The summed E-state index contributed by atoms with van der Waals surface area (Å²) in [6.45, 7) is 6.40. The van der Waals surface area contributed by atoms with Gasteiger partial charge in [0.05, 0.1) is 4.90 Å². The van der Waals surface area contributed by atoms with Crippen LogP contribution in [0.5, 0.6) is 0 Å². The summed E-state index contributed by atoms with van der Waals surface area (Å²) < 4.78 is 49.3. The highest BCUT2D eigenvalue weighted by molar-refractivity contribution is 7.90. The highest BCUT2D eigenvalue weighted by Crippen LogP contribution is 2.36. The molecule has 4 rings (SSSR count). The number of nitrogen functional groups attached to an aromatic ring is 1. The molecule has 3 aromatic rings. The molecule has 0 bridgehead atoms. The van der Waals surface area contributed by atoms with Gasteiger partial charge in [-0.1, -0.05) is 5.16 Å². The largest absolute Gasteiger partial charge is 0.444 e. The summed E-state index contributed by atoms with van der Waals surface area (Å²) in [5.74, 6) is -0.935. The lowest BCUT2D eigenvalue weighted by atomic mass is 9.93. The fourth-order valence-corrected chi connectivity index (χ4v) is 4.53. The minimum atomic E-state index is -3.58. The van der Waals surface area contributed by atoms with Gasteiger partial charge in [-0.2, -0.15) is 0 Å². The highest BCUT2D eigenvalue weighted by Gasteiger charge is 2.31. The molecule has 0 atom stereocenters. The number of sulfone groups is 1. The van der Waals surface area contributed by atoms with Gasteiger partial charge in [-0.3, -0.25) is 0 Å². The molecule has 1 aliphatic heterocycles. The summed E-state index contributed by atoms with van der Waals surface area (Å²) in [6.07, 6.45) is 1.85. The highest BCUT2D eigenvalue weighted by atomic mass is 32.2. The van der Waals surface area contributed by atoms with Gasteiger partial charge in [-0.25, -0.2) is 27.6 Å². The standard InChI is InChI=1S/C22H26FN5O5S/c1-22(2,3)32-21(29)28-9-7-12(8-10-28)16-18-19(33-27-16)17(25-20(24)26-18)14-6-5-13(11-15(14)23)34(4,30)31/h5-6,11-12H,7-10H2,1-4H3,(H2,24,25,26). The number of carbonyl (C=O) groups is 1. The van der Waals surface area contributed by atoms with E-state index < -0.39 is 21.3 Å². The first-order valence-corrected chi connectivity index (χ1v) is 12.6. The number of nitrogens with two attached hydrogens (primary N) is 1. The van der Waals surface area contributed by atoms with E-state index in [2.05, 4.69) is 15.1 Å². The molecule has 12 heteroatoms. The summed E-state index contributed by atoms with van der Waals surface area (Å²) in [4.78, 5) is 22.2. The molecule has 2 aromatic heterocycles. The Hall–Kier alpha value is -3.28. The number of carbonyl (C=O) groups excluding carboxylic acids is 1. The number of fused-ring (bicyclic) bond motifs is 1. The van der Waals surface area contributed by atoms with Gasteiger partial charge in [-0.15, -0.1) is 0 Å². The minimum Gasteiger partial charge on any atom is -0.444 e. The molecule has 0 spiro atoms. The van der Waals surface area contributed by atoms with Crippen molar-refractivity contribution in [3.8, 4) is 11.3 Å². The van der Waals surface area contributed by atoms with E-state index >= 15 is 0 Å². The van der Waals surface area contributed by atoms with Gasteiger partial charge >= 0.3 is 6.09 Å². The van der Waals surface area contributed by atoms with E-state index in [0.717, 1.165) is 12.3 Å². The zero-order valence-electron chi connectivity index (χ0n) is 19.3. The lowest BCUT2D eigenvalue weighted by Crippen LogP contribution is -2.41. The topological polar surface area (TPSA) is 142 Å². The van der Waals surface area contributed by atoms with Gasteiger partial charge in [0.1, 0.15) is 28.3 Å². The predicted octanol–water partition coefficient (Wildman–Crippen LogP) is 3.52. The van der Waals surface area contributed by atoms with E-state index in [1.54, 1.807) is 4.90 Å². The molecule has 0 unspecified atom stereocenters. The van der Waals surface area contributed by atoms with E-state index in [0.29, 0.717) is 37.1 Å². The maximum absolute atomic E-state index is 14.8. The first-order valence-electron chi connectivity index (χ1n) is 10.7. The lowest BCUT2D eigenvalue weighted by molar-refractivity contribution is 0.0204. The van der Waals surface area contributed by atoms with Gasteiger partial charge < -0.3 is 19.9 Å². The third kappa shape index (κ3) is 4.81. The maximum Gasteiger partial charge on any atom is 0.410 e. The van der Waals surface area contributed by atoms with Crippen molar-refractivity contribution in [3.63, 3.8) is 0 Å². The number of aromatic nitrogens is 3. The zero-order chi connectivity index (χ0) is 24.8. The van der Waals surface area contributed by atoms with E-state index in [1.807, 2.05) is 20.8 Å². The van der Waals surface area contributed by atoms with Crippen LogP contribution in [-0.2, 0) is 14.6 Å². The van der Waals surface area contributed by atoms with Crippen molar-refractivity contribution in [2.24, 2.45) is 0 Å². The molecule has 1 fully saturated rings. The number of anilines is 1. The molecule has 2 N–H and O–H groups in total. The van der Waals surface area contributed by atoms with Gasteiger partial charge in [0.2, 0.25) is 11.5 Å². The van der Waals surface area contributed by atoms with Gasteiger partial charge in [0, 0.05) is 30.8 Å². The smallest absolute Gasteiger partial charge is 0.410 e. The van der Waals surface area contributed by atoms with Crippen LogP contribution >= 0.6 is 0 Å². The number of rotatable bonds is 3. The summed E-state index contributed by atoms with van der Waals surface area (Å²) >= 11 is 0. The molecule has 0 saturated carbocycles. The fourth-order valence-electron chi connectivity index (χ4n) is 3.90. The fraction of sp³-hybridized carbons (Fsp3) is 0.455. The number of nitrogens with zero attached hydrogens (tertiary/aromatic N) is 4. The number of hydrogen-bond donors (Lipinski definition) is 1. The zero-order valence-corrected chi connectivity index (χ0v) is 20.1. The van der Waals surface area contributed by atoms with Crippen LogP contribution in [0.25, 0.3) is 22.4 Å². The lowest BCUT2D eigenvalue weighted by Gasteiger charge is -2.32. The second-order valence-corrected chi connectivity index (χ2v) is 11.3.